The molecule has 0 aliphatic carbocycles. The average Bonchev–Trinajstić information content (AvgIpc) is 2.92. The molecule has 1 aliphatic heterocycles. The lowest BCUT2D eigenvalue weighted by atomic mass is 9.86. The van der Waals surface area contributed by atoms with Crippen molar-refractivity contribution >= 4 is 33.9 Å². The molecule has 174 valence electrons. The molecule has 1 aliphatic rings. The Morgan fingerprint density at radius 1 is 0.969 bits per heavy atom. The van der Waals surface area contributed by atoms with Gasteiger partial charge in [-0.1, -0.05) is 101 Å². The van der Waals surface area contributed by atoms with E-state index in [1.807, 2.05) is 43.3 Å². The van der Waals surface area contributed by atoms with Gasteiger partial charge in [-0.2, -0.15) is 8.42 Å². The van der Waals surface area contributed by atoms with Crippen LogP contribution in [0.5, 0.6) is 0 Å². The fraction of sp³-hybridized carbons (Fsp3) is 0.480. The minimum absolute atomic E-state index is 0.0758. The third-order valence-corrected chi connectivity index (χ3v) is 12.9. The van der Waals surface area contributed by atoms with Gasteiger partial charge in [0, 0.05) is 22.1 Å². The van der Waals surface area contributed by atoms with Crippen LogP contribution in [0, 0.1) is 11.3 Å². The maximum atomic E-state index is 13.3. The van der Waals surface area contributed by atoms with Gasteiger partial charge in [0.2, 0.25) is 5.91 Å². The smallest absolute Gasteiger partial charge is 0.273 e. The Kier molecular flexibility index (Phi) is 7.00. The zero-order chi connectivity index (χ0) is 23.9. The van der Waals surface area contributed by atoms with E-state index in [0.717, 1.165) is 4.31 Å². The van der Waals surface area contributed by atoms with Crippen LogP contribution in [0.1, 0.15) is 50.8 Å². The van der Waals surface area contributed by atoms with Crippen LogP contribution in [0.3, 0.4) is 0 Å². The standard InChI is InChI=1S/C25H34ClNO3SSi/c1-18-22(21(17-25(2,3)4)27(24(18)28)31(26,29)30)32(5,6)23(19-13-9-7-10-14-19)20-15-11-8-12-16-20/h7-16,18,21-23H,17H2,1-6H3/t18-,21-,22+/m0/s1. The van der Waals surface area contributed by atoms with Crippen molar-refractivity contribution < 1.29 is 13.2 Å². The molecule has 0 N–H and O–H groups in total. The summed E-state index contributed by atoms with van der Waals surface area (Å²) >= 11 is 0. The van der Waals surface area contributed by atoms with Crippen molar-refractivity contribution in [1.82, 2.24) is 4.31 Å². The molecule has 3 atom stereocenters. The highest BCUT2D eigenvalue weighted by atomic mass is 35.7. The second-order valence-corrected chi connectivity index (χ2v) is 18.1. The fourth-order valence-corrected chi connectivity index (χ4v) is 12.5. The van der Waals surface area contributed by atoms with E-state index in [0.29, 0.717) is 6.42 Å². The first-order valence-electron chi connectivity index (χ1n) is 11.1. The molecule has 4 nitrogen and oxygen atoms in total. The Labute approximate surface area is 198 Å². The summed E-state index contributed by atoms with van der Waals surface area (Å²) in [4.78, 5) is 13.3. The second kappa shape index (κ2) is 8.96. The topological polar surface area (TPSA) is 54.5 Å². The summed E-state index contributed by atoms with van der Waals surface area (Å²) < 4.78 is 26.1. The number of carbonyl (C=O) groups excluding carboxylic acids is 1. The van der Waals surface area contributed by atoms with E-state index in [1.54, 1.807) is 0 Å². The predicted octanol–water partition coefficient (Wildman–Crippen LogP) is 6.20. The van der Waals surface area contributed by atoms with Gasteiger partial charge in [0.1, 0.15) is 0 Å². The van der Waals surface area contributed by atoms with Crippen LogP contribution in [0.25, 0.3) is 0 Å². The molecule has 0 unspecified atom stereocenters. The molecule has 0 aromatic heterocycles. The van der Waals surface area contributed by atoms with Crippen LogP contribution in [0.2, 0.25) is 18.6 Å². The molecule has 0 spiro atoms. The van der Waals surface area contributed by atoms with Crippen molar-refractivity contribution in [2.45, 2.75) is 64.3 Å². The highest BCUT2D eigenvalue weighted by molar-refractivity contribution is 8.12. The molecule has 2 aromatic rings. The number of hydrogen-bond acceptors (Lipinski definition) is 3. The van der Waals surface area contributed by atoms with Crippen molar-refractivity contribution in [1.29, 1.82) is 0 Å². The second-order valence-electron chi connectivity index (χ2n) is 10.8. The summed E-state index contributed by atoms with van der Waals surface area (Å²) in [5.41, 5.74) is 2.29. The Morgan fingerprint density at radius 3 is 1.78 bits per heavy atom. The van der Waals surface area contributed by atoms with E-state index >= 15 is 0 Å². The van der Waals surface area contributed by atoms with Crippen LogP contribution < -0.4 is 0 Å². The largest absolute Gasteiger partial charge is 0.324 e. The number of carbonyl (C=O) groups is 1. The zero-order valence-corrected chi connectivity index (χ0v) is 22.3. The van der Waals surface area contributed by atoms with Crippen LogP contribution in [0.15, 0.2) is 60.7 Å². The summed E-state index contributed by atoms with van der Waals surface area (Å²) in [6.45, 7) is 12.7. The van der Waals surface area contributed by atoms with Gasteiger partial charge < -0.3 is 0 Å². The van der Waals surface area contributed by atoms with Gasteiger partial charge in [0.15, 0.2) is 0 Å². The lowest BCUT2D eigenvalue weighted by molar-refractivity contribution is -0.127. The maximum Gasteiger partial charge on any atom is 0.324 e. The molecular formula is C25H34ClNO3SSi. The SMILES string of the molecule is C[C@@H]1C(=O)N(S(=O)(=O)Cl)[C@@H](CC(C)(C)C)[C@@H]1[Si](C)(C)C(c1ccccc1)c1ccccc1. The number of halogens is 1. The van der Waals surface area contributed by atoms with E-state index < -0.39 is 29.3 Å². The van der Waals surface area contributed by atoms with Gasteiger partial charge in [0.25, 0.3) is 0 Å². The van der Waals surface area contributed by atoms with E-state index in [4.69, 9.17) is 10.7 Å². The minimum Gasteiger partial charge on any atom is -0.273 e. The monoisotopic (exact) mass is 491 g/mol. The van der Waals surface area contributed by atoms with Gasteiger partial charge in [-0.05, 0) is 28.5 Å². The molecule has 1 heterocycles. The van der Waals surface area contributed by atoms with Gasteiger partial charge in [-0.3, -0.25) is 4.79 Å². The Bertz CT molecular complexity index is 1010. The first-order chi connectivity index (χ1) is 14.7. The summed E-state index contributed by atoms with van der Waals surface area (Å²) in [7, 11) is -0.686. The Balaban J connectivity index is 2.20. The van der Waals surface area contributed by atoms with Gasteiger partial charge in [-0.15, -0.1) is 0 Å². The van der Waals surface area contributed by atoms with Crippen molar-refractivity contribution in [2.24, 2.45) is 11.3 Å². The zero-order valence-electron chi connectivity index (χ0n) is 19.7. The molecule has 1 saturated heterocycles. The van der Waals surface area contributed by atoms with Crippen LogP contribution >= 0.6 is 10.7 Å². The van der Waals surface area contributed by atoms with Gasteiger partial charge in [0.05, 0.1) is 14.1 Å². The third-order valence-electron chi connectivity index (χ3n) is 6.79. The molecule has 2 aromatic carbocycles. The number of nitrogens with zero attached hydrogens (tertiary/aromatic N) is 1. The number of hydrogen-bond donors (Lipinski definition) is 0. The van der Waals surface area contributed by atoms with E-state index in [-0.39, 0.29) is 22.4 Å². The fourth-order valence-electron chi connectivity index (χ4n) is 5.78. The summed E-state index contributed by atoms with van der Waals surface area (Å²) in [5, 5.41) is 0. The predicted molar refractivity (Wildman–Crippen MR) is 135 cm³/mol. The van der Waals surface area contributed by atoms with Gasteiger partial charge in [-0.25, -0.2) is 4.31 Å². The Hall–Kier alpha value is -1.63. The quantitative estimate of drug-likeness (QED) is 0.357. The average molecular weight is 492 g/mol. The molecule has 3 rings (SSSR count). The van der Waals surface area contributed by atoms with Gasteiger partial charge >= 0.3 is 9.24 Å². The molecule has 0 saturated carbocycles. The molecular weight excluding hydrogens is 458 g/mol. The third kappa shape index (κ3) is 4.97. The summed E-state index contributed by atoms with van der Waals surface area (Å²) in [5.74, 6) is -0.785. The van der Waals surface area contributed by atoms with Crippen LogP contribution in [-0.4, -0.2) is 32.7 Å². The lowest BCUT2D eigenvalue weighted by Gasteiger charge is -2.44. The molecule has 32 heavy (non-hydrogen) atoms. The molecule has 0 radical (unpaired) electrons. The molecule has 1 fully saturated rings. The van der Waals surface area contributed by atoms with Crippen molar-refractivity contribution in [2.75, 3.05) is 0 Å². The number of benzene rings is 2. The molecule has 1 amide bonds. The summed E-state index contributed by atoms with van der Waals surface area (Å²) in [6.07, 6.45) is 0.576. The van der Waals surface area contributed by atoms with Crippen molar-refractivity contribution in [3.05, 3.63) is 71.8 Å². The highest BCUT2D eigenvalue weighted by Gasteiger charge is 2.58. The maximum absolute atomic E-state index is 13.3. The normalized spacial score (nSPS) is 22.6. The van der Waals surface area contributed by atoms with E-state index in [2.05, 4.69) is 58.1 Å². The molecule has 7 heteroatoms. The van der Waals surface area contributed by atoms with Crippen LogP contribution in [-0.2, 0) is 14.0 Å². The number of amides is 1. The van der Waals surface area contributed by atoms with E-state index in [1.165, 1.54) is 11.1 Å². The highest BCUT2D eigenvalue weighted by Crippen LogP contribution is 2.53. The Morgan fingerprint density at radius 2 is 1.41 bits per heavy atom. The minimum atomic E-state index is -4.18. The van der Waals surface area contributed by atoms with E-state index in [9.17, 15) is 13.2 Å². The van der Waals surface area contributed by atoms with Crippen molar-refractivity contribution in [3.8, 4) is 0 Å². The first-order valence-corrected chi connectivity index (χ1v) is 16.5. The van der Waals surface area contributed by atoms with Crippen LogP contribution in [0.4, 0.5) is 0 Å². The molecule has 0 bridgehead atoms. The van der Waals surface area contributed by atoms with Crippen molar-refractivity contribution in [3.63, 3.8) is 0 Å². The number of rotatable bonds is 6. The first kappa shape index (κ1) is 25.0. The summed E-state index contributed by atoms with van der Waals surface area (Å²) in [6, 6.07) is 20.3. The lowest BCUT2D eigenvalue weighted by Crippen LogP contribution is -2.49.